The van der Waals surface area contributed by atoms with Gasteiger partial charge in [-0.1, -0.05) is 32.4 Å². The molecule has 1 unspecified atom stereocenters. The molecule has 5 nitrogen and oxygen atoms in total. The molecule has 180 valence electrons. The Bertz CT molecular complexity index is 1070. The van der Waals surface area contributed by atoms with E-state index < -0.39 is 0 Å². The van der Waals surface area contributed by atoms with Gasteiger partial charge >= 0.3 is 5.97 Å². The van der Waals surface area contributed by atoms with E-state index in [2.05, 4.69) is 42.0 Å². The number of anilines is 1. The number of hydrogen-bond acceptors (Lipinski definition) is 5. The number of carbonyl (C=O) groups is 2. The minimum atomic E-state index is -0.382. The number of benzene rings is 1. The van der Waals surface area contributed by atoms with Crippen LogP contribution >= 0.6 is 38.9 Å². The van der Waals surface area contributed by atoms with Gasteiger partial charge in [0.25, 0.3) is 5.91 Å². The van der Waals surface area contributed by atoms with Crippen LogP contribution in [0, 0.1) is 25.2 Å². The first-order valence-corrected chi connectivity index (χ1v) is 13.1. The minimum absolute atomic E-state index is 0.186. The van der Waals surface area contributed by atoms with Gasteiger partial charge < -0.3 is 14.8 Å². The van der Waals surface area contributed by atoms with Crippen molar-refractivity contribution in [3.8, 4) is 5.75 Å². The standard InChI is InChI=1S/C25H31BrClNO4S/c1-7-31-24(30)20-16-9-8-15(25(4,5)6)11-18(16)33-23(20)28-19(29)12-32-17-10-13(2)22(27)14(3)21(17)26/h10,15H,7-9,11-12H2,1-6H3,(H,28,29). The van der Waals surface area contributed by atoms with Crippen LogP contribution in [0.5, 0.6) is 5.75 Å². The summed E-state index contributed by atoms with van der Waals surface area (Å²) < 4.78 is 11.8. The average molecular weight is 557 g/mol. The lowest BCUT2D eigenvalue weighted by molar-refractivity contribution is -0.118. The van der Waals surface area contributed by atoms with Crippen LogP contribution in [-0.4, -0.2) is 25.1 Å². The second-order valence-corrected chi connectivity index (χ2v) is 11.8. The molecule has 2 aromatic rings. The predicted octanol–water partition coefficient (Wildman–Crippen LogP) is 7.13. The highest BCUT2D eigenvalue weighted by Crippen LogP contribution is 2.44. The van der Waals surface area contributed by atoms with E-state index in [1.54, 1.807) is 13.0 Å². The SMILES string of the molecule is CCOC(=O)c1c(NC(=O)COc2cc(C)c(Cl)c(C)c2Br)sc2c1CCC(C(C)(C)C)C2. The smallest absolute Gasteiger partial charge is 0.341 e. The van der Waals surface area contributed by atoms with E-state index in [0.717, 1.165) is 45.3 Å². The van der Waals surface area contributed by atoms with Gasteiger partial charge in [0.05, 0.1) is 16.6 Å². The van der Waals surface area contributed by atoms with Gasteiger partial charge in [0.1, 0.15) is 10.8 Å². The quantitative estimate of drug-likeness (QED) is 0.385. The summed E-state index contributed by atoms with van der Waals surface area (Å²) in [5, 5.41) is 4.11. The van der Waals surface area contributed by atoms with Crippen LogP contribution in [0.2, 0.25) is 5.02 Å². The third kappa shape index (κ3) is 5.75. The van der Waals surface area contributed by atoms with Crippen molar-refractivity contribution in [1.82, 2.24) is 0 Å². The average Bonchev–Trinajstić information content (AvgIpc) is 3.10. The highest BCUT2D eigenvalue weighted by Gasteiger charge is 2.34. The van der Waals surface area contributed by atoms with E-state index in [4.69, 9.17) is 21.1 Å². The van der Waals surface area contributed by atoms with E-state index >= 15 is 0 Å². The Kier molecular flexibility index (Phi) is 8.18. The van der Waals surface area contributed by atoms with Crippen molar-refractivity contribution in [3.05, 3.63) is 42.7 Å². The molecule has 0 aliphatic heterocycles. The van der Waals surface area contributed by atoms with Crippen LogP contribution in [0.1, 0.15) is 66.0 Å². The Morgan fingerprint density at radius 2 is 2.00 bits per heavy atom. The topological polar surface area (TPSA) is 64.6 Å². The predicted molar refractivity (Wildman–Crippen MR) is 138 cm³/mol. The summed E-state index contributed by atoms with van der Waals surface area (Å²) in [6, 6.07) is 1.80. The zero-order chi connectivity index (χ0) is 24.5. The fourth-order valence-corrected chi connectivity index (χ4v) is 6.17. The van der Waals surface area contributed by atoms with Crippen molar-refractivity contribution in [2.45, 2.75) is 60.8 Å². The van der Waals surface area contributed by atoms with Crippen LogP contribution in [0.3, 0.4) is 0 Å². The van der Waals surface area contributed by atoms with Crippen LogP contribution < -0.4 is 10.1 Å². The highest BCUT2D eigenvalue weighted by molar-refractivity contribution is 9.10. The van der Waals surface area contributed by atoms with Gasteiger partial charge in [-0.05, 0) is 90.1 Å². The summed E-state index contributed by atoms with van der Waals surface area (Å²) in [4.78, 5) is 26.7. The number of aryl methyl sites for hydroxylation is 1. The van der Waals surface area contributed by atoms with E-state index in [1.165, 1.54) is 11.3 Å². The Labute approximate surface area is 213 Å². The molecule has 0 fully saturated rings. The lowest BCUT2D eigenvalue weighted by atomic mass is 9.72. The number of nitrogens with one attached hydrogen (secondary N) is 1. The van der Waals surface area contributed by atoms with Crippen LogP contribution in [-0.2, 0) is 22.4 Å². The fourth-order valence-electron chi connectivity index (χ4n) is 4.14. The summed E-state index contributed by atoms with van der Waals surface area (Å²) in [7, 11) is 0. The molecule has 0 saturated heterocycles. The number of rotatable bonds is 6. The first-order valence-electron chi connectivity index (χ1n) is 11.1. The first kappa shape index (κ1) is 26.0. The summed E-state index contributed by atoms with van der Waals surface area (Å²) in [5.74, 6) is 0.365. The molecule has 0 saturated carbocycles. The molecule has 1 aliphatic rings. The van der Waals surface area contributed by atoms with Crippen molar-refractivity contribution in [1.29, 1.82) is 0 Å². The van der Waals surface area contributed by atoms with Crippen molar-refractivity contribution in [2.24, 2.45) is 11.3 Å². The summed E-state index contributed by atoms with van der Waals surface area (Å²) in [6.07, 6.45) is 2.72. The molecule has 1 aromatic carbocycles. The summed E-state index contributed by atoms with van der Waals surface area (Å²) >= 11 is 11.2. The minimum Gasteiger partial charge on any atom is -0.483 e. The molecular formula is C25H31BrClNO4S. The zero-order valence-corrected chi connectivity index (χ0v) is 23.1. The van der Waals surface area contributed by atoms with Gasteiger partial charge in [-0.25, -0.2) is 4.79 Å². The molecule has 33 heavy (non-hydrogen) atoms. The molecule has 3 rings (SSSR count). The molecule has 1 amide bonds. The largest absolute Gasteiger partial charge is 0.483 e. The number of amides is 1. The number of ether oxygens (including phenoxy) is 2. The van der Waals surface area contributed by atoms with Gasteiger partial charge in [-0.15, -0.1) is 11.3 Å². The number of thiophene rings is 1. The number of hydrogen-bond donors (Lipinski definition) is 1. The molecule has 1 aliphatic carbocycles. The molecule has 0 spiro atoms. The van der Waals surface area contributed by atoms with Crippen molar-refractivity contribution >= 4 is 55.7 Å². The third-order valence-electron chi connectivity index (χ3n) is 6.15. The number of halogens is 2. The Hall–Kier alpha value is -1.57. The molecule has 8 heteroatoms. The second kappa shape index (κ2) is 10.4. The molecular weight excluding hydrogens is 526 g/mol. The maximum atomic E-state index is 12.8. The van der Waals surface area contributed by atoms with Crippen LogP contribution in [0.25, 0.3) is 0 Å². The summed E-state index contributed by atoms with van der Waals surface area (Å²) in [5.41, 5.74) is 3.43. The molecule has 1 atom stereocenters. The maximum absolute atomic E-state index is 12.8. The lowest BCUT2D eigenvalue weighted by Gasteiger charge is -2.33. The summed E-state index contributed by atoms with van der Waals surface area (Å²) in [6.45, 7) is 12.4. The molecule has 1 N–H and O–H groups in total. The van der Waals surface area contributed by atoms with Gasteiger partial charge in [0.15, 0.2) is 6.61 Å². The van der Waals surface area contributed by atoms with Gasteiger partial charge in [0.2, 0.25) is 0 Å². The van der Waals surface area contributed by atoms with Gasteiger partial charge in [-0.3, -0.25) is 4.79 Å². The van der Waals surface area contributed by atoms with E-state index in [1.807, 2.05) is 13.8 Å². The maximum Gasteiger partial charge on any atom is 0.341 e. The molecule has 0 bridgehead atoms. The molecule has 1 aromatic heterocycles. The highest BCUT2D eigenvalue weighted by atomic mass is 79.9. The zero-order valence-electron chi connectivity index (χ0n) is 20.0. The van der Waals surface area contributed by atoms with Crippen LogP contribution in [0.15, 0.2) is 10.5 Å². The number of carbonyl (C=O) groups excluding carboxylic acids is 2. The lowest BCUT2D eigenvalue weighted by Crippen LogP contribution is -2.26. The van der Waals surface area contributed by atoms with E-state index in [-0.39, 0.29) is 30.5 Å². The van der Waals surface area contributed by atoms with Crippen molar-refractivity contribution in [2.75, 3.05) is 18.5 Å². The van der Waals surface area contributed by atoms with Crippen LogP contribution in [0.4, 0.5) is 5.00 Å². The second-order valence-electron chi connectivity index (χ2n) is 9.52. The van der Waals surface area contributed by atoms with Crippen molar-refractivity contribution in [3.63, 3.8) is 0 Å². The molecule has 1 heterocycles. The van der Waals surface area contributed by atoms with E-state index in [0.29, 0.717) is 27.3 Å². The molecule has 0 radical (unpaired) electrons. The first-order chi connectivity index (χ1) is 15.4. The third-order valence-corrected chi connectivity index (χ3v) is 8.89. The van der Waals surface area contributed by atoms with Crippen molar-refractivity contribution < 1.29 is 19.1 Å². The normalized spacial score (nSPS) is 15.7. The van der Waals surface area contributed by atoms with Gasteiger partial charge in [-0.2, -0.15) is 0 Å². The Balaban J connectivity index is 1.81. The van der Waals surface area contributed by atoms with E-state index in [9.17, 15) is 9.59 Å². The Morgan fingerprint density at radius 1 is 1.30 bits per heavy atom. The number of esters is 1. The fraction of sp³-hybridized carbons (Fsp3) is 0.520. The monoisotopic (exact) mass is 555 g/mol. The Morgan fingerprint density at radius 3 is 2.64 bits per heavy atom. The number of fused-ring (bicyclic) bond motifs is 1. The van der Waals surface area contributed by atoms with Gasteiger partial charge in [0, 0.05) is 9.90 Å².